The number of benzene rings is 1. The summed E-state index contributed by atoms with van der Waals surface area (Å²) in [5.41, 5.74) is 1.67. The highest BCUT2D eigenvalue weighted by Crippen LogP contribution is 2.38. The smallest absolute Gasteiger partial charge is 0.339 e. The molecule has 0 aliphatic heterocycles. The van der Waals surface area contributed by atoms with Gasteiger partial charge in [0.15, 0.2) is 0 Å². The number of carbonyl (C=O) groups is 2. The predicted octanol–water partition coefficient (Wildman–Crippen LogP) is 8.05. The molecule has 0 radical (unpaired) electrons. The molecule has 0 saturated carbocycles. The summed E-state index contributed by atoms with van der Waals surface area (Å²) in [6.07, 6.45) is 0.883. The second-order valence-electron chi connectivity index (χ2n) is 13.9. The summed E-state index contributed by atoms with van der Waals surface area (Å²) in [4.78, 5) is 27.2. The van der Waals surface area contributed by atoms with E-state index < -0.39 is 11.9 Å². The Labute approximate surface area is 209 Å². The molecule has 0 heterocycles. The first-order chi connectivity index (χ1) is 15.1. The van der Waals surface area contributed by atoms with E-state index in [4.69, 9.17) is 9.47 Å². The minimum Gasteiger partial charge on any atom is -0.458 e. The third-order valence-electron chi connectivity index (χ3n) is 6.14. The van der Waals surface area contributed by atoms with Gasteiger partial charge in [-0.2, -0.15) is 0 Å². The van der Waals surface area contributed by atoms with Crippen LogP contribution in [0.15, 0.2) is 12.1 Å². The van der Waals surface area contributed by atoms with E-state index in [0.717, 1.165) is 24.0 Å². The van der Waals surface area contributed by atoms with Crippen LogP contribution in [0.1, 0.15) is 129 Å². The van der Waals surface area contributed by atoms with Gasteiger partial charge in [-0.15, -0.1) is 0 Å². The van der Waals surface area contributed by atoms with Crippen molar-refractivity contribution in [2.75, 3.05) is 0 Å². The maximum atomic E-state index is 13.6. The molecule has 0 atom stereocenters. The van der Waals surface area contributed by atoms with E-state index in [1.165, 1.54) is 0 Å². The van der Waals surface area contributed by atoms with Gasteiger partial charge in [0.2, 0.25) is 0 Å². The van der Waals surface area contributed by atoms with Crippen LogP contribution in [0.25, 0.3) is 0 Å². The minimum absolute atomic E-state index is 0.255. The zero-order valence-electron chi connectivity index (χ0n) is 24.4. The number of esters is 2. The van der Waals surface area contributed by atoms with Gasteiger partial charge in [-0.3, -0.25) is 0 Å². The van der Waals surface area contributed by atoms with E-state index in [2.05, 4.69) is 96.9 Å². The number of carbonyl (C=O) groups excluding carboxylic acids is 2. The van der Waals surface area contributed by atoms with Crippen molar-refractivity contribution < 1.29 is 19.1 Å². The Morgan fingerprint density at radius 2 is 0.824 bits per heavy atom. The summed E-state index contributed by atoms with van der Waals surface area (Å²) < 4.78 is 12.2. The van der Waals surface area contributed by atoms with Crippen molar-refractivity contribution in [1.82, 2.24) is 0 Å². The Morgan fingerprint density at radius 3 is 1.00 bits per heavy atom. The average Bonchev–Trinajstić information content (AvgIpc) is 2.65. The third kappa shape index (κ3) is 7.58. The maximum Gasteiger partial charge on any atom is 0.339 e. The molecular weight excluding hydrogens is 424 g/mol. The first kappa shape index (κ1) is 30.2. The molecule has 0 bridgehead atoms. The van der Waals surface area contributed by atoms with Crippen LogP contribution in [-0.4, -0.2) is 24.1 Å². The third-order valence-corrected chi connectivity index (χ3v) is 6.14. The lowest BCUT2D eigenvalue weighted by Crippen LogP contribution is -2.43. The van der Waals surface area contributed by atoms with Crippen molar-refractivity contribution in [1.29, 1.82) is 0 Å². The standard InChI is InChI=1S/C30H50O4/c1-15-19-17-21(23(31)33-25(27(3,4)5)28(6,7)8)22(18-20(19)16-2)24(32)34-26(29(9,10)11)30(12,13)14/h17-18,25-26H,15-16H2,1-14H3. The molecule has 194 valence electrons. The van der Waals surface area contributed by atoms with Gasteiger partial charge in [-0.05, 0) is 57.8 Å². The normalized spacial score (nSPS) is 13.4. The lowest BCUT2D eigenvalue weighted by molar-refractivity contribution is -0.0542. The van der Waals surface area contributed by atoms with Crippen LogP contribution < -0.4 is 0 Å². The molecule has 34 heavy (non-hydrogen) atoms. The zero-order valence-corrected chi connectivity index (χ0v) is 24.4. The fourth-order valence-electron chi connectivity index (χ4n) is 5.33. The van der Waals surface area contributed by atoms with E-state index in [-0.39, 0.29) is 33.9 Å². The van der Waals surface area contributed by atoms with Crippen molar-refractivity contribution in [2.24, 2.45) is 21.7 Å². The SMILES string of the molecule is CCc1cc(C(=O)OC(C(C)(C)C)C(C)(C)C)c(C(=O)OC(C(C)(C)C)C(C)(C)C)cc1CC. The highest BCUT2D eigenvalue weighted by atomic mass is 16.6. The molecule has 0 aromatic heterocycles. The van der Waals surface area contributed by atoms with Crippen LogP contribution in [0.3, 0.4) is 0 Å². The van der Waals surface area contributed by atoms with Crippen molar-refractivity contribution in [3.8, 4) is 0 Å². The topological polar surface area (TPSA) is 52.6 Å². The number of aryl methyl sites for hydroxylation is 2. The highest BCUT2D eigenvalue weighted by molar-refractivity contribution is 6.03. The van der Waals surface area contributed by atoms with Gasteiger partial charge in [-0.25, -0.2) is 9.59 Å². The molecule has 0 aliphatic rings. The first-order valence-corrected chi connectivity index (χ1v) is 12.7. The van der Waals surface area contributed by atoms with E-state index in [1.807, 2.05) is 12.1 Å². The molecular formula is C30H50O4. The van der Waals surface area contributed by atoms with Gasteiger partial charge < -0.3 is 9.47 Å². The van der Waals surface area contributed by atoms with E-state index >= 15 is 0 Å². The van der Waals surface area contributed by atoms with Gasteiger partial charge in [0.05, 0.1) is 11.1 Å². The predicted molar refractivity (Wildman–Crippen MR) is 141 cm³/mol. The molecule has 0 amide bonds. The first-order valence-electron chi connectivity index (χ1n) is 12.7. The minimum atomic E-state index is -0.470. The largest absolute Gasteiger partial charge is 0.458 e. The summed E-state index contributed by atoms with van der Waals surface area (Å²) >= 11 is 0. The van der Waals surface area contributed by atoms with Crippen molar-refractivity contribution in [2.45, 2.75) is 122 Å². The summed E-state index contributed by atoms with van der Waals surface area (Å²) in [6, 6.07) is 3.67. The zero-order chi connectivity index (χ0) is 26.9. The Hall–Kier alpha value is -1.84. The molecule has 0 aliphatic carbocycles. The van der Waals surface area contributed by atoms with Crippen molar-refractivity contribution in [3.63, 3.8) is 0 Å². The molecule has 0 fully saturated rings. The lowest BCUT2D eigenvalue weighted by Gasteiger charge is -2.40. The van der Waals surface area contributed by atoms with E-state index in [0.29, 0.717) is 11.1 Å². The van der Waals surface area contributed by atoms with E-state index in [9.17, 15) is 9.59 Å². The fourth-order valence-corrected chi connectivity index (χ4v) is 5.33. The van der Waals surface area contributed by atoms with Crippen molar-refractivity contribution >= 4 is 11.9 Å². The highest BCUT2D eigenvalue weighted by Gasteiger charge is 2.41. The molecule has 1 aromatic rings. The number of ether oxygens (including phenoxy) is 2. The number of hydrogen-bond acceptors (Lipinski definition) is 4. The fraction of sp³-hybridized carbons (Fsp3) is 0.733. The van der Waals surface area contributed by atoms with Crippen LogP contribution in [0.4, 0.5) is 0 Å². The molecule has 4 nitrogen and oxygen atoms in total. The van der Waals surface area contributed by atoms with Crippen LogP contribution >= 0.6 is 0 Å². The Balaban J connectivity index is 3.61. The maximum absolute atomic E-state index is 13.6. The van der Waals surface area contributed by atoms with Crippen molar-refractivity contribution in [3.05, 3.63) is 34.4 Å². The van der Waals surface area contributed by atoms with Gasteiger partial charge >= 0.3 is 11.9 Å². The number of hydrogen-bond donors (Lipinski definition) is 0. The molecule has 0 spiro atoms. The summed E-state index contributed by atoms with van der Waals surface area (Å²) in [6.45, 7) is 29.0. The Bertz CT molecular complexity index is 766. The molecule has 4 heteroatoms. The second-order valence-corrected chi connectivity index (χ2v) is 13.9. The molecule has 0 saturated heterocycles. The van der Waals surface area contributed by atoms with Gasteiger partial charge in [-0.1, -0.05) is 96.9 Å². The second kappa shape index (κ2) is 10.4. The van der Waals surface area contributed by atoms with Crippen LogP contribution in [-0.2, 0) is 22.3 Å². The molecule has 0 N–H and O–H groups in total. The molecule has 1 aromatic carbocycles. The van der Waals surface area contributed by atoms with Gasteiger partial charge in [0, 0.05) is 0 Å². The van der Waals surface area contributed by atoms with Gasteiger partial charge in [0.1, 0.15) is 12.2 Å². The Kier molecular flexibility index (Phi) is 9.25. The van der Waals surface area contributed by atoms with Crippen LogP contribution in [0.2, 0.25) is 0 Å². The lowest BCUT2D eigenvalue weighted by atomic mass is 9.74. The monoisotopic (exact) mass is 474 g/mol. The van der Waals surface area contributed by atoms with Crippen LogP contribution in [0.5, 0.6) is 0 Å². The summed E-state index contributed by atoms with van der Waals surface area (Å²) in [5.74, 6) is -0.940. The molecule has 0 unspecified atom stereocenters. The summed E-state index contributed by atoms with van der Waals surface area (Å²) in [5, 5.41) is 0. The van der Waals surface area contributed by atoms with E-state index in [1.54, 1.807) is 0 Å². The van der Waals surface area contributed by atoms with Gasteiger partial charge in [0.25, 0.3) is 0 Å². The van der Waals surface area contributed by atoms with Crippen LogP contribution in [0, 0.1) is 21.7 Å². The quantitative estimate of drug-likeness (QED) is 0.391. The average molecular weight is 475 g/mol. The number of rotatable bonds is 6. The molecule has 1 rings (SSSR count). The Morgan fingerprint density at radius 1 is 0.588 bits per heavy atom. The summed E-state index contributed by atoms with van der Waals surface area (Å²) in [7, 11) is 0.